The van der Waals surface area contributed by atoms with Gasteiger partial charge in [0.15, 0.2) is 11.2 Å². The second kappa shape index (κ2) is 4.98. The number of hydrogen-bond acceptors (Lipinski definition) is 7. The van der Waals surface area contributed by atoms with Crippen molar-refractivity contribution >= 4 is 19.0 Å². The van der Waals surface area contributed by atoms with Crippen LogP contribution in [0.4, 0.5) is 0 Å². The zero-order valence-corrected chi connectivity index (χ0v) is 11.6. The van der Waals surface area contributed by atoms with Gasteiger partial charge in [0.25, 0.3) is 5.56 Å². The molecule has 0 aliphatic heterocycles. The van der Waals surface area contributed by atoms with Crippen molar-refractivity contribution in [3.05, 3.63) is 27.2 Å². The molecule has 0 amide bonds. The number of nitrogens with zero attached hydrogens (tertiary/aromatic N) is 4. The van der Waals surface area contributed by atoms with E-state index in [1.165, 1.54) is 29.6 Å². The lowest BCUT2D eigenvalue weighted by atomic mass is 10.5. The number of phosphoric ester groups is 1. The molecular weight excluding hydrogens is 291 g/mol. The molecule has 110 valence electrons. The molecule has 0 fully saturated rings. The molecule has 2 aromatic rings. The lowest BCUT2D eigenvalue weighted by Gasteiger charge is -2.28. The molecule has 2 heterocycles. The molecule has 0 saturated carbocycles. The van der Waals surface area contributed by atoms with E-state index in [1.54, 1.807) is 0 Å². The summed E-state index contributed by atoms with van der Waals surface area (Å²) in [5, 5.41) is 0. The maximum atomic E-state index is 12.0. The highest BCUT2D eigenvalue weighted by atomic mass is 31.2. The Balaban J connectivity index is 2.45. The second-order valence-corrected chi connectivity index (χ2v) is 5.25. The second-order valence-electron chi connectivity index (χ2n) is 4.10. The molecule has 0 radical (unpaired) electrons. The van der Waals surface area contributed by atoms with Crippen LogP contribution in [0.3, 0.4) is 0 Å². The van der Waals surface area contributed by atoms with Gasteiger partial charge < -0.3 is 23.4 Å². The van der Waals surface area contributed by atoms with Crippen LogP contribution in [0, 0.1) is 0 Å². The van der Waals surface area contributed by atoms with Crippen molar-refractivity contribution in [2.75, 3.05) is 6.61 Å². The summed E-state index contributed by atoms with van der Waals surface area (Å²) < 4.78 is 17.9. The minimum absolute atomic E-state index is 0.0571. The van der Waals surface area contributed by atoms with Gasteiger partial charge in [-0.2, -0.15) is 0 Å². The molecule has 20 heavy (non-hydrogen) atoms. The minimum atomic E-state index is -5.06. The molecule has 11 heteroatoms. The van der Waals surface area contributed by atoms with Crippen LogP contribution in [0.2, 0.25) is 0 Å². The molecule has 0 atom stereocenters. The predicted molar refractivity (Wildman–Crippen MR) is 63.8 cm³/mol. The maximum absolute atomic E-state index is 12.0. The van der Waals surface area contributed by atoms with Gasteiger partial charge in [-0.15, -0.1) is 0 Å². The summed E-state index contributed by atoms with van der Waals surface area (Å²) in [6, 6.07) is 0. The Labute approximate surface area is 112 Å². The number of rotatable bonds is 4. The summed E-state index contributed by atoms with van der Waals surface area (Å²) in [7, 11) is -2.27. The zero-order chi connectivity index (χ0) is 15.1. The first-order valence-corrected chi connectivity index (χ1v) is 6.96. The van der Waals surface area contributed by atoms with E-state index >= 15 is 0 Å². The largest absolute Gasteiger partial charge is 0.790 e. The van der Waals surface area contributed by atoms with Crippen molar-refractivity contribution in [2.45, 2.75) is 6.54 Å². The van der Waals surface area contributed by atoms with Crippen LogP contribution < -0.4 is 21.0 Å². The lowest BCUT2D eigenvalue weighted by Crippen LogP contribution is -2.37. The summed E-state index contributed by atoms with van der Waals surface area (Å²) in [5.41, 5.74) is -0.781. The van der Waals surface area contributed by atoms with Crippen molar-refractivity contribution < 1.29 is 18.9 Å². The van der Waals surface area contributed by atoms with E-state index in [0.717, 1.165) is 4.57 Å². The van der Waals surface area contributed by atoms with Crippen LogP contribution in [0.15, 0.2) is 15.9 Å². The Bertz CT molecular complexity index is 812. The van der Waals surface area contributed by atoms with Crippen LogP contribution in [-0.4, -0.2) is 25.3 Å². The first-order valence-electron chi connectivity index (χ1n) is 5.50. The SMILES string of the molecule is Cn1c(=O)c2c(ncn2CCOP(=O)([O-])[O-])n(C)c1=O. The first kappa shape index (κ1) is 14.7. The maximum Gasteiger partial charge on any atom is 0.332 e. The molecule has 0 saturated heterocycles. The quantitative estimate of drug-likeness (QED) is 0.560. The highest BCUT2D eigenvalue weighted by Gasteiger charge is 2.13. The molecule has 0 aliphatic rings. The normalized spacial score (nSPS) is 12.2. The van der Waals surface area contributed by atoms with Crippen molar-refractivity contribution in [3.8, 4) is 0 Å². The van der Waals surface area contributed by atoms with Crippen LogP contribution in [0.5, 0.6) is 0 Å². The average molecular weight is 302 g/mol. The Morgan fingerprint density at radius 3 is 2.55 bits per heavy atom. The van der Waals surface area contributed by atoms with Gasteiger partial charge in [-0.25, -0.2) is 9.78 Å². The third kappa shape index (κ3) is 2.59. The van der Waals surface area contributed by atoms with Gasteiger partial charge in [0.2, 0.25) is 0 Å². The number of aromatic nitrogens is 4. The highest BCUT2D eigenvalue weighted by Crippen LogP contribution is 2.24. The number of aryl methyl sites for hydroxylation is 1. The van der Waals surface area contributed by atoms with Crippen LogP contribution in [0.25, 0.3) is 11.2 Å². The third-order valence-electron chi connectivity index (χ3n) is 2.80. The van der Waals surface area contributed by atoms with Gasteiger partial charge in [-0.05, 0) is 0 Å². The monoisotopic (exact) mass is 302 g/mol. The van der Waals surface area contributed by atoms with Gasteiger partial charge in [0.1, 0.15) is 0 Å². The van der Waals surface area contributed by atoms with Crippen molar-refractivity contribution in [3.63, 3.8) is 0 Å². The van der Waals surface area contributed by atoms with Gasteiger partial charge in [0, 0.05) is 20.6 Å². The fourth-order valence-corrected chi connectivity index (χ4v) is 2.12. The van der Waals surface area contributed by atoms with Gasteiger partial charge in [-0.3, -0.25) is 13.9 Å². The van der Waals surface area contributed by atoms with Gasteiger partial charge in [0.05, 0.1) is 20.8 Å². The van der Waals surface area contributed by atoms with Gasteiger partial charge in [-0.1, -0.05) is 0 Å². The fourth-order valence-electron chi connectivity index (χ4n) is 1.82. The molecule has 0 N–H and O–H groups in total. The van der Waals surface area contributed by atoms with E-state index in [2.05, 4.69) is 9.51 Å². The highest BCUT2D eigenvalue weighted by molar-refractivity contribution is 7.43. The van der Waals surface area contributed by atoms with E-state index in [-0.39, 0.29) is 17.7 Å². The Morgan fingerprint density at radius 2 is 1.95 bits per heavy atom. The van der Waals surface area contributed by atoms with Crippen molar-refractivity contribution in [1.29, 1.82) is 0 Å². The Hall–Kier alpha value is -1.74. The lowest BCUT2D eigenvalue weighted by molar-refractivity contribution is -0.341. The van der Waals surface area contributed by atoms with Crippen LogP contribution in [0.1, 0.15) is 0 Å². The molecule has 0 bridgehead atoms. The standard InChI is InChI=1S/C9H13N4O6P/c1-11-7-6(8(14)12(2)9(11)15)13(5-10-7)3-4-19-20(16,17)18/h5H,3-4H2,1-2H3,(H2,16,17,18)/p-2. The van der Waals surface area contributed by atoms with Crippen molar-refractivity contribution in [2.24, 2.45) is 14.1 Å². The van der Waals surface area contributed by atoms with E-state index in [9.17, 15) is 23.9 Å². The van der Waals surface area contributed by atoms with Crippen LogP contribution >= 0.6 is 7.82 Å². The molecule has 0 aliphatic carbocycles. The molecule has 0 unspecified atom stereocenters. The number of hydrogen-bond donors (Lipinski definition) is 0. The third-order valence-corrected chi connectivity index (χ3v) is 3.30. The van der Waals surface area contributed by atoms with E-state index in [0.29, 0.717) is 0 Å². The molecular formula is C9H11N4O6P-2. The summed E-state index contributed by atoms with van der Waals surface area (Å²) in [5.74, 6) is 0. The number of phosphoric acid groups is 1. The topological polar surface area (TPSA) is 134 Å². The summed E-state index contributed by atoms with van der Waals surface area (Å²) >= 11 is 0. The Kier molecular flexibility index (Phi) is 3.65. The first-order chi connectivity index (χ1) is 9.22. The predicted octanol–water partition coefficient (Wildman–Crippen LogP) is -2.72. The molecule has 2 aromatic heterocycles. The number of fused-ring (bicyclic) bond motifs is 1. The van der Waals surface area contributed by atoms with E-state index in [4.69, 9.17) is 0 Å². The summed E-state index contributed by atoms with van der Waals surface area (Å²) in [4.78, 5) is 48.3. The smallest absolute Gasteiger partial charge is 0.332 e. The molecule has 0 aromatic carbocycles. The average Bonchev–Trinajstić information content (AvgIpc) is 2.76. The fraction of sp³-hybridized carbons (Fsp3) is 0.444. The van der Waals surface area contributed by atoms with Gasteiger partial charge >= 0.3 is 5.69 Å². The van der Waals surface area contributed by atoms with Crippen molar-refractivity contribution in [1.82, 2.24) is 18.7 Å². The molecule has 10 nitrogen and oxygen atoms in total. The van der Waals surface area contributed by atoms with E-state index in [1.807, 2.05) is 0 Å². The Morgan fingerprint density at radius 1 is 1.30 bits per heavy atom. The van der Waals surface area contributed by atoms with Crippen LogP contribution in [-0.2, 0) is 29.7 Å². The summed E-state index contributed by atoms with van der Waals surface area (Å²) in [6.07, 6.45) is 1.27. The zero-order valence-electron chi connectivity index (χ0n) is 10.7. The minimum Gasteiger partial charge on any atom is -0.790 e. The summed E-state index contributed by atoms with van der Waals surface area (Å²) in [6.45, 7) is -0.472. The van der Waals surface area contributed by atoms with E-state index < -0.39 is 25.7 Å². The molecule has 2 rings (SSSR count). The number of imidazole rings is 1. The molecule has 0 spiro atoms.